The molecule has 0 atom stereocenters. The summed E-state index contributed by atoms with van der Waals surface area (Å²) in [5, 5.41) is 2.77. The van der Waals surface area contributed by atoms with Crippen LogP contribution in [0.15, 0.2) is 42.5 Å². The number of rotatable bonds is 4. The lowest BCUT2D eigenvalue weighted by atomic mass is 10.0. The second-order valence-electron chi connectivity index (χ2n) is 6.56. The Morgan fingerprint density at radius 1 is 1.08 bits per heavy atom. The Hall–Kier alpha value is -2.36. The van der Waals surface area contributed by atoms with Crippen molar-refractivity contribution in [3.8, 4) is 0 Å². The highest BCUT2D eigenvalue weighted by atomic mass is 19.1. The molecule has 4 heteroatoms. The van der Waals surface area contributed by atoms with Crippen LogP contribution in [0.5, 0.6) is 0 Å². The third-order valence-corrected chi connectivity index (χ3v) is 4.52. The van der Waals surface area contributed by atoms with E-state index in [4.69, 9.17) is 0 Å². The summed E-state index contributed by atoms with van der Waals surface area (Å²) in [5.74, 6) is -0.266. The molecule has 0 unspecified atom stereocenters. The smallest absolute Gasteiger partial charge is 0.255 e. The van der Waals surface area contributed by atoms with Crippen LogP contribution in [0.2, 0.25) is 0 Å². The summed E-state index contributed by atoms with van der Waals surface area (Å²) >= 11 is 0. The number of amides is 1. The number of benzene rings is 2. The highest BCUT2D eigenvalue weighted by Crippen LogP contribution is 2.31. The van der Waals surface area contributed by atoms with Crippen LogP contribution in [0.3, 0.4) is 0 Å². The molecule has 1 N–H and O–H groups in total. The summed E-state index contributed by atoms with van der Waals surface area (Å²) in [5.41, 5.74) is 2.75. The second-order valence-corrected chi connectivity index (χ2v) is 6.56. The number of hydrogen-bond donors (Lipinski definition) is 1. The van der Waals surface area contributed by atoms with Crippen molar-refractivity contribution in [2.24, 2.45) is 0 Å². The lowest BCUT2D eigenvalue weighted by molar-refractivity contribution is 0.102. The van der Waals surface area contributed by atoms with Crippen molar-refractivity contribution in [3.05, 3.63) is 59.4 Å². The monoisotopic (exact) mass is 326 g/mol. The Morgan fingerprint density at radius 2 is 1.75 bits per heavy atom. The van der Waals surface area contributed by atoms with Crippen LogP contribution in [-0.4, -0.2) is 19.0 Å². The molecule has 0 bridgehead atoms. The first-order valence-corrected chi connectivity index (χ1v) is 8.51. The quantitative estimate of drug-likeness (QED) is 0.875. The van der Waals surface area contributed by atoms with Crippen LogP contribution in [0, 0.1) is 5.82 Å². The van der Waals surface area contributed by atoms with Crippen LogP contribution in [0.1, 0.15) is 48.5 Å². The van der Waals surface area contributed by atoms with E-state index >= 15 is 0 Å². The largest absolute Gasteiger partial charge is 0.370 e. The maximum atomic E-state index is 14.3. The fourth-order valence-electron chi connectivity index (χ4n) is 3.06. The molecule has 126 valence electrons. The molecule has 1 saturated heterocycles. The van der Waals surface area contributed by atoms with Crippen molar-refractivity contribution in [1.29, 1.82) is 0 Å². The van der Waals surface area contributed by atoms with Crippen molar-refractivity contribution >= 4 is 17.3 Å². The van der Waals surface area contributed by atoms with E-state index < -0.39 is 5.82 Å². The van der Waals surface area contributed by atoms with Crippen molar-refractivity contribution < 1.29 is 9.18 Å². The second kappa shape index (κ2) is 7.04. The number of anilines is 2. The number of halogens is 1. The molecule has 1 aliphatic rings. The molecule has 0 radical (unpaired) electrons. The first kappa shape index (κ1) is 16.5. The number of carbonyl (C=O) groups is 1. The molecule has 24 heavy (non-hydrogen) atoms. The molecule has 1 fully saturated rings. The average molecular weight is 326 g/mol. The van der Waals surface area contributed by atoms with E-state index in [0.717, 1.165) is 31.6 Å². The Labute approximate surface area is 142 Å². The molecule has 2 aromatic carbocycles. The predicted octanol–water partition coefficient (Wildman–Crippen LogP) is 4.80. The zero-order valence-electron chi connectivity index (χ0n) is 14.2. The van der Waals surface area contributed by atoms with Crippen molar-refractivity contribution in [2.75, 3.05) is 23.3 Å². The fraction of sp³-hybridized carbons (Fsp3) is 0.350. The van der Waals surface area contributed by atoms with E-state index in [1.807, 2.05) is 18.2 Å². The van der Waals surface area contributed by atoms with Crippen LogP contribution in [-0.2, 0) is 0 Å². The summed E-state index contributed by atoms with van der Waals surface area (Å²) in [6.45, 7) is 6.01. The standard InChI is InChI=1S/C20H23FN2O/c1-14(2)15-8-10-16(11-9-15)20(24)22-19-17(21)6-5-7-18(19)23-12-3-4-13-23/h5-11,14H,3-4,12-13H2,1-2H3,(H,22,24). The van der Waals surface area contributed by atoms with E-state index in [9.17, 15) is 9.18 Å². The third-order valence-electron chi connectivity index (χ3n) is 4.52. The van der Waals surface area contributed by atoms with E-state index in [-0.39, 0.29) is 11.6 Å². The zero-order chi connectivity index (χ0) is 17.1. The molecule has 1 heterocycles. The molecular formula is C20H23FN2O. The topological polar surface area (TPSA) is 32.3 Å². The summed E-state index contributed by atoms with van der Waals surface area (Å²) in [4.78, 5) is 14.6. The minimum atomic E-state index is -0.397. The van der Waals surface area contributed by atoms with Gasteiger partial charge in [-0.15, -0.1) is 0 Å². The van der Waals surface area contributed by atoms with Gasteiger partial charge in [0.1, 0.15) is 11.5 Å². The molecule has 1 amide bonds. The lowest BCUT2D eigenvalue weighted by Gasteiger charge is -2.22. The van der Waals surface area contributed by atoms with Crippen molar-refractivity contribution in [2.45, 2.75) is 32.6 Å². The Kier molecular flexibility index (Phi) is 4.84. The van der Waals surface area contributed by atoms with Gasteiger partial charge in [-0.05, 0) is 48.6 Å². The minimum Gasteiger partial charge on any atom is -0.370 e. The zero-order valence-corrected chi connectivity index (χ0v) is 14.2. The van der Waals surface area contributed by atoms with Gasteiger partial charge in [0.05, 0.1) is 5.69 Å². The van der Waals surface area contributed by atoms with Gasteiger partial charge < -0.3 is 10.2 Å². The van der Waals surface area contributed by atoms with Crippen molar-refractivity contribution in [1.82, 2.24) is 0 Å². The maximum Gasteiger partial charge on any atom is 0.255 e. The van der Waals surface area contributed by atoms with Gasteiger partial charge in [0.25, 0.3) is 5.91 Å². The Morgan fingerprint density at radius 3 is 2.38 bits per heavy atom. The van der Waals surface area contributed by atoms with Gasteiger partial charge >= 0.3 is 0 Å². The highest BCUT2D eigenvalue weighted by Gasteiger charge is 2.20. The first-order valence-electron chi connectivity index (χ1n) is 8.51. The average Bonchev–Trinajstić information content (AvgIpc) is 3.11. The first-order chi connectivity index (χ1) is 11.6. The van der Waals surface area contributed by atoms with Crippen LogP contribution >= 0.6 is 0 Å². The van der Waals surface area contributed by atoms with E-state index in [0.29, 0.717) is 11.5 Å². The van der Waals surface area contributed by atoms with Crippen LogP contribution in [0.25, 0.3) is 0 Å². The molecule has 0 saturated carbocycles. The van der Waals surface area contributed by atoms with Crippen LogP contribution < -0.4 is 10.2 Å². The molecule has 0 aromatic heterocycles. The molecular weight excluding hydrogens is 303 g/mol. The van der Waals surface area contributed by atoms with Gasteiger partial charge in [0.2, 0.25) is 0 Å². The summed E-state index contributed by atoms with van der Waals surface area (Å²) in [6, 6.07) is 12.4. The minimum absolute atomic E-state index is 0.275. The third kappa shape index (κ3) is 3.42. The molecule has 1 aliphatic heterocycles. The van der Waals surface area contributed by atoms with E-state index in [1.165, 1.54) is 11.6 Å². The maximum absolute atomic E-state index is 14.3. The van der Waals surface area contributed by atoms with Gasteiger partial charge in [0.15, 0.2) is 0 Å². The van der Waals surface area contributed by atoms with Crippen molar-refractivity contribution in [3.63, 3.8) is 0 Å². The normalized spacial score (nSPS) is 14.2. The van der Waals surface area contributed by atoms with Gasteiger partial charge in [-0.3, -0.25) is 4.79 Å². The summed E-state index contributed by atoms with van der Waals surface area (Å²) in [7, 11) is 0. The van der Waals surface area contributed by atoms with E-state index in [2.05, 4.69) is 24.1 Å². The lowest BCUT2D eigenvalue weighted by Crippen LogP contribution is -2.22. The van der Waals surface area contributed by atoms with Gasteiger partial charge in [0, 0.05) is 18.7 Å². The Balaban J connectivity index is 1.83. The van der Waals surface area contributed by atoms with Crippen LogP contribution in [0.4, 0.5) is 15.8 Å². The molecule has 0 aliphatic carbocycles. The molecule has 3 rings (SSSR count). The number of nitrogens with one attached hydrogen (secondary N) is 1. The summed E-state index contributed by atoms with van der Waals surface area (Å²) < 4.78 is 14.3. The summed E-state index contributed by atoms with van der Waals surface area (Å²) in [6.07, 6.45) is 2.20. The van der Waals surface area contributed by atoms with E-state index in [1.54, 1.807) is 18.2 Å². The molecule has 3 nitrogen and oxygen atoms in total. The number of nitrogens with zero attached hydrogens (tertiary/aromatic N) is 1. The SMILES string of the molecule is CC(C)c1ccc(C(=O)Nc2c(F)cccc2N2CCCC2)cc1. The number of carbonyl (C=O) groups excluding carboxylic acids is 1. The number of hydrogen-bond acceptors (Lipinski definition) is 2. The predicted molar refractivity (Wildman–Crippen MR) is 96.3 cm³/mol. The number of para-hydroxylation sites is 1. The fourth-order valence-corrected chi connectivity index (χ4v) is 3.06. The highest BCUT2D eigenvalue weighted by molar-refractivity contribution is 6.06. The Bertz CT molecular complexity index is 719. The molecule has 0 spiro atoms. The molecule has 2 aromatic rings. The van der Waals surface area contributed by atoms with Gasteiger partial charge in [-0.25, -0.2) is 4.39 Å². The van der Waals surface area contributed by atoms with Gasteiger partial charge in [-0.1, -0.05) is 32.0 Å². The van der Waals surface area contributed by atoms with Gasteiger partial charge in [-0.2, -0.15) is 0 Å².